The smallest absolute Gasteiger partial charge is 0.221 e. The highest BCUT2D eigenvalue weighted by atomic mass is 32.1. The lowest BCUT2D eigenvalue weighted by atomic mass is 10.0. The summed E-state index contributed by atoms with van der Waals surface area (Å²) in [6.07, 6.45) is 1.05. The van der Waals surface area contributed by atoms with Gasteiger partial charge in [-0.3, -0.25) is 4.79 Å². The fourth-order valence-electron chi connectivity index (χ4n) is 2.30. The van der Waals surface area contributed by atoms with Gasteiger partial charge in [-0.15, -0.1) is 11.3 Å². The summed E-state index contributed by atoms with van der Waals surface area (Å²) in [4.78, 5) is 18.0. The summed E-state index contributed by atoms with van der Waals surface area (Å²) in [5.41, 5.74) is 2.45. The van der Waals surface area contributed by atoms with Crippen molar-refractivity contribution < 1.29 is 9.32 Å². The summed E-state index contributed by atoms with van der Waals surface area (Å²) in [6.45, 7) is 11.8. The van der Waals surface area contributed by atoms with Gasteiger partial charge in [0, 0.05) is 16.9 Å². The average Bonchev–Trinajstić information content (AvgIpc) is 2.92. The van der Waals surface area contributed by atoms with Crippen molar-refractivity contribution in [1.29, 1.82) is 0 Å². The van der Waals surface area contributed by atoms with E-state index in [-0.39, 0.29) is 5.91 Å². The molecule has 5 nitrogen and oxygen atoms in total. The Morgan fingerprint density at radius 2 is 1.91 bits per heavy atom. The molecule has 2 aromatic heterocycles. The van der Waals surface area contributed by atoms with E-state index >= 15 is 0 Å². The van der Waals surface area contributed by atoms with Crippen LogP contribution in [0.5, 0.6) is 0 Å². The summed E-state index contributed by atoms with van der Waals surface area (Å²) in [5.74, 6) is 0.797. The summed E-state index contributed by atoms with van der Waals surface area (Å²) in [6, 6.07) is 0. The van der Waals surface area contributed by atoms with Crippen molar-refractivity contribution in [3.63, 3.8) is 0 Å². The van der Waals surface area contributed by atoms with Gasteiger partial charge in [0.05, 0.1) is 16.9 Å². The van der Waals surface area contributed by atoms with Crippen molar-refractivity contribution in [1.82, 2.24) is 15.5 Å². The van der Waals surface area contributed by atoms with Gasteiger partial charge in [0.15, 0.2) is 0 Å². The van der Waals surface area contributed by atoms with Crippen LogP contribution < -0.4 is 5.32 Å². The third-order valence-corrected chi connectivity index (χ3v) is 5.19. The Balaban J connectivity index is 1.99. The van der Waals surface area contributed by atoms with E-state index in [1.807, 2.05) is 41.5 Å². The maximum atomic E-state index is 12.3. The second-order valence-electron chi connectivity index (χ2n) is 6.14. The zero-order chi connectivity index (χ0) is 16.5. The van der Waals surface area contributed by atoms with E-state index in [0.29, 0.717) is 12.8 Å². The number of rotatable bonds is 5. The monoisotopic (exact) mass is 321 g/mol. The van der Waals surface area contributed by atoms with Crippen molar-refractivity contribution in [3.8, 4) is 0 Å². The van der Waals surface area contributed by atoms with Crippen molar-refractivity contribution in [2.24, 2.45) is 0 Å². The number of carbonyl (C=O) groups is 1. The molecule has 0 fully saturated rings. The largest absolute Gasteiger partial charge is 0.361 e. The molecule has 1 N–H and O–H groups in total. The molecule has 0 bridgehead atoms. The highest BCUT2D eigenvalue weighted by molar-refractivity contribution is 7.11. The molecule has 0 radical (unpaired) electrons. The molecule has 0 aliphatic rings. The van der Waals surface area contributed by atoms with Gasteiger partial charge in [-0.2, -0.15) is 0 Å². The third-order valence-electron chi connectivity index (χ3n) is 3.80. The first-order chi connectivity index (χ1) is 10.2. The summed E-state index contributed by atoms with van der Waals surface area (Å²) >= 11 is 1.63. The SMILES string of the molecule is Cc1nc(C(C)(C)NC(=O)CCc2c(C)noc2C)sc1C. The van der Waals surface area contributed by atoms with Gasteiger partial charge in [0.1, 0.15) is 10.8 Å². The minimum atomic E-state index is -0.459. The van der Waals surface area contributed by atoms with Gasteiger partial charge in [0.25, 0.3) is 0 Å². The van der Waals surface area contributed by atoms with Crippen LogP contribution in [0.3, 0.4) is 0 Å². The van der Waals surface area contributed by atoms with Crippen LogP contribution in [0.25, 0.3) is 0 Å². The molecule has 1 amide bonds. The molecule has 0 atom stereocenters. The fraction of sp³-hybridized carbons (Fsp3) is 0.562. The second-order valence-corrected chi connectivity index (χ2v) is 7.34. The van der Waals surface area contributed by atoms with Gasteiger partial charge in [-0.1, -0.05) is 5.16 Å². The molecule has 0 aliphatic heterocycles. The molecule has 120 valence electrons. The van der Waals surface area contributed by atoms with Crippen molar-refractivity contribution in [3.05, 3.63) is 32.6 Å². The van der Waals surface area contributed by atoms with E-state index in [0.717, 1.165) is 27.7 Å². The summed E-state index contributed by atoms with van der Waals surface area (Å²) in [7, 11) is 0. The van der Waals surface area contributed by atoms with E-state index < -0.39 is 5.54 Å². The van der Waals surface area contributed by atoms with Gasteiger partial charge in [-0.05, 0) is 48.0 Å². The highest BCUT2D eigenvalue weighted by Gasteiger charge is 2.27. The molecule has 22 heavy (non-hydrogen) atoms. The Morgan fingerprint density at radius 1 is 1.23 bits per heavy atom. The van der Waals surface area contributed by atoms with Crippen LogP contribution in [-0.4, -0.2) is 16.0 Å². The van der Waals surface area contributed by atoms with Crippen LogP contribution in [0.15, 0.2) is 4.52 Å². The number of amides is 1. The van der Waals surface area contributed by atoms with Crippen molar-refractivity contribution in [2.45, 2.75) is 59.9 Å². The lowest BCUT2D eigenvalue weighted by Crippen LogP contribution is -2.41. The number of carbonyl (C=O) groups excluding carboxylic acids is 1. The molecule has 0 spiro atoms. The quantitative estimate of drug-likeness (QED) is 0.917. The molecular weight excluding hydrogens is 298 g/mol. The molecule has 6 heteroatoms. The van der Waals surface area contributed by atoms with Crippen LogP contribution in [0.2, 0.25) is 0 Å². The predicted molar refractivity (Wildman–Crippen MR) is 87.1 cm³/mol. The molecule has 0 aliphatic carbocycles. The average molecular weight is 321 g/mol. The number of nitrogens with one attached hydrogen (secondary N) is 1. The lowest BCUT2D eigenvalue weighted by molar-refractivity contribution is -0.122. The zero-order valence-corrected chi connectivity index (χ0v) is 14.8. The number of thiazole rings is 1. The topological polar surface area (TPSA) is 68.0 Å². The lowest BCUT2D eigenvalue weighted by Gasteiger charge is -2.23. The maximum absolute atomic E-state index is 12.3. The van der Waals surface area contributed by atoms with Gasteiger partial charge < -0.3 is 9.84 Å². The van der Waals surface area contributed by atoms with Gasteiger partial charge in [-0.25, -0.2) is 4.98 Å². The zero-order valence-electron chi connectivity index (χ0n) is 14.0. The molecule has 0 unspecified atom stereocenters. The van der Waals surface area contributed by atoms with Crippen molar-refractivity contribution >= 4 is 17.2 Å². The molecule has 2 heterocycles. The Kier molecular flexibility index (Phi) is 4.70. The first-order valence-electron chi connectivity index (χ1n) is 7.38. The van der Waals surface area contributed by atoms with Crippen LogP contribution in [0.4, 0.5) is 0 Å². The minimum Gasteiger partial charge on any atom is -0.361 e. The Morgan fingerprint density at radius 3 is 2.41 bits per heavy atom. The minimum absolute atomic E-state index is 0.00973. The maximum Gasteiger partial charge on any atom is 0.221 e. The number of hydrogen-bond acceptors (Lipinski definition) is 5. The Labute approximate surface area is 135 Å². The Bertz CT molecular complexity index is 647. The predicted octanol–water partition coefficient (Wildman–Crippen LogP) is 3.35. The second kappa shape index (κ2) is 6.20. The molecular formula is C16H23N3O2S. The van der Waals surface area contributed by atoms with Crippen LogP contribution in [0.1, 0.15) is 52.9 Å². The van der Waals surface area contributed by atoms with E-state index in [1.54, 1.807) is 11.3 Å². The van der Waals surface area contributed by atoms with Gasteiger partial charge in [0.2, 0.25) is 5.91 Å². The van der Waals surface area contributed by atoms with Crippen LogP contribution in [-0.2, 0) is 16.8 Å². The van der Waals surface area contributed by atoms with Crippen LogP contribution >= 0.6 is 11.3 Å². The summed E-state index contributed by atoms with van der Waals surface area (Å²) < 4.78 is 5.12. The standard InChI is InChI=1S/C16H23N3O2S/c1-9-12(4)22-15(17-9)16(5,6)18-14(20)8-7-13-10(2)19-21-11(13)3/h7-8H2,1-6H3,(H,18,20). The molecule has 2 rings (SSSR count). The highest BCUT2D eigenvalue weighted by Crippen LogP contribution is 2.27. The number of aryl methyl sites for hydroxylation is 4. The summed E-state index contributed by atoms with van der Waals surface area (Å²) in [5, 5.41) is 7.92. The van der Waals surface area contributed by atoms with Gasteiger partial charge >= 0.3 is 0 Å². The molecule has 0 saturated heterocycles. The molecule has 0 aromatic carbocycles. The fourth-order valence-corrected chi connectivity index (χ4v) is 3.27. The first-order valence-corrected chi connectivity index (χ1v) is 8.19. The van der Waals surface area contributed by atoms with E-state index in [2.05, 4.69) is 15.5 Å². The molecule has 0 saturated carbocycles. The van der Waals surface area contributed by atoms with Crippen LogP contribution in [0, 0.1) is 27.7 Å². The van der Waals surface area contributed by atoms with E-state index in [4.69, 9.17) is 4.52 Å². The number of aromatic nitrogens is 2. The normalized spacial score (nSPS) is 11.7. The third kappa shape index (κ3) is 3.55. The van der Waals surface area contributed by atoms with E-state index in [9.17, 15) is 4.79 Å². The van der Waals surface area contributed by atoms with Crippen molar-refractivity contribution in [2.75, 3.05) is 0 Å². The number of nitrogens with zero attached hydrogens (tertiary/aromatic N) is 2. The van der Waals surface area contributed by atoms with E-state index in [1.165, 1.54) is 4.88 Å². The first kappa shape index (κ1) is 16.7. The Hall–Kier alpha value is -1.69. The molecule has 2 aromatic rings. The number of hydrogen-bond donors (Lipinski definition) is 1.